The molecule has 4 atom stereocenters. The van der Waals surface area contributed by atoms with Gasteiger partial charge in [-0.1, -0.05) is 55.8 Å². The van der Waals surface area contributed by atoms with Crippen LogP contribution in [0.5, 0.6) is 0 Å². The van der Waals surface area contributed by atoms with E-state index in [0.29, 0.717) is 101 Å². The second-order valence-corrected chi connectivity index (χ2v) is 22.0. The van der Waals surface area contributed by atoms with Crippen molar-refractivity contribution in [3.05, 3.63) is 140 Å². The first-order chi connectivity index (χ1) is 41.8. The molecule has 87 heavy (non-hydrogen) atoms. The fourth-order valence-corrected chi connectivity index (χ4v) is 11.8. The Morgan fingerprint density at radius 3 is 2.36 bits per heavy atom. The van der Waals surface area contributed by atoms with Crippen molar-refractivity contribution in [3.8, 4) is 11.4 Å². The van der Waals surface area contributed by atoms with Crippen LogP contribution in [-0.4, -0.2) is 129 Å². The summed E-state index contributed by atoms with van der Waals surface area (Å²) >= 11 is 0. The number of rotatable bonds is 22. The Labute approximate surface area is 497 Å². The van der Waals surface area contributed by atoms with Gasteiger partial charge < -0.3 is 50.5 Å². The number of aryl methyl sites for hydroxylation is 1. The van der Waals surface area contributed by atoms with Crippen LogP contribution >= 0.6 is 0 Å². The first kappa shape index (κ1) is 60.5. The lowest BCUT2D eigenvalue weighted by Crippen LogP contribution is -2.50. The number of carbonyl (C=O) groups excluding carboxylic acids is 10. The number of hydrogen-bond donors (Lipinski definition) is 6. The number of pyridine rings is 2. The molecule has 454 valence electrons. The summed E-state index contributed by atoms with van der Waals surface area (Å²) in [5.74, 6) is -5.96. The SMILES string of the molecule is CC[C@@]1(O)C(=O)OCc2c1cc1n(c2=O)Cc2c-1nc1cc(F)c(C)c3c1c2[C@@H](NC(=O)[C@@H]1CCCN1C(=O)OCc1ccc(NC(=O)CNC(=O)[C@H](Cc2ccccc2)NC(=O)COC(=O)CNC(=O)CCCCCN2C(=O)C=CC2=O)cc1)CC3. The number of unbranched alkanes of at least 4 members (excludes halogenated alkanes) is 2. The highest BCUT2D eigenvalue weighted by molar-refractivity contribution is 6.12. The quantitative estimate of drug-likeness (QED) is 0.0246. The molecular weight excluding hydrogens is 1130 g/mol. The molecule has 6 heterocycles. The molecule has 6 N–H and O–H groups in total. The van der Waals surface area contributed by atoms with Gasteiger partial charge >= 0.3 is 18.0 Å². The summed E-state index contributed by atoms with van der Waals surface area (Å²) in [6.45, 7) is 1.59. The molecule has 1 saturated heterocycles. The number of cyclic esters (lactones) is 1. The van der Waals surface area contributed by atoms with Crippen molar-refractivity contribution in [1.29, 1.82) is 0 Å². The average Bonchev–Trinajstić information content (AvgIpc) is 1.66. The van der Waals surface area contributed by atoms with Gasteiger partial charge in [-0.2, -0.15) is 0 Å². The normalized spacial score (nSPS) is 18.3. The highest BCUT2D eigenvalue weighted by atomic mass is 19.1. The number of aromatic nitrogens is 2. The summed E-state index contributed by atoms with van der Waals surface area (Å²) in [6.07, 6.45) is 4.90. The Balaban J connectivity index is 0.695. The molecule has 24 nitrogen and oxygen atoms in total. The molecule has 4 aliphatic heterocycles. The van der Waals surface area contributed by atoms with E-state index in [4.69, 9.17) is 19.2 Å². The van der Waals surface area contributed by atoms with E-state index in [2.05, 4.69) is 26.6 Å². The van der Waals surface area contributed by atoms with Crippen LogP contribution in [0.3, 0.4) is 0 Å². The van der Waals surface area contributed by atoms with E-state index in [1.807, 2.05) is 0 Å². The van der Waals surface area contributed by atoms with Gasteiger partial charge in [-0.05, 0) is 97.9 Å². The molecule has 5 aromatic rings. The fourth-order valence-electron chi connectivity index (χ4n) is 11.8. The number of ether oxygens (including phenoxy) is 3. The maximum atomic E-state index is 15.5. The minimum Gasteiger partial charge on any atom is -0.458 e. The summed E-state index contributed by atoms with van der Waals surface area (Å²) in [4.78, 5) is 150. The first-order valence-corrected chi connectivity index (χ1v) is 28.8. The van der Waals surface area contributed by atoms with Crippen LogP contribution in [0.25, 0.3) is 22.3 Å². The maximum absolute atomic E-state index is 15.5. The number of halogens is 1. The number of fused-ring (bicyclic) bond motifs is 5. The van der Waals surface area contributed by atoms with E-state index >= 15 is 4.39 Å². The van der Waals surface area contributed by atoms with Crippen molar-refractivity contribution in [2.24, 2.45) is 0 Å². The number of nitrogens with zero attached hydrogens (tertiary/aromatic N) is 4. The second kappa shape index (κ2) is 25.9. The van der Waals surface area contributed by atoms with Crippen molar-refractivity contribution < 1.29 is 71.7 Å². The number of hydrogen-bond acceptors (Lipinski definition) is 16. The van der Waals surface area contributed by atoms with Crippen LogP contribution in [0.2, 0.25) is 0 Å². The number of imide groups is 1. The van der Waals surface area contributed by atoms with Gasteiger partial charge in [-0.3, -0.25) is 53.0 Å². The van der Waals surface area contributed by atoms with Gasteiger partial charge in [0.1, 0.15) is 37.7 Å². The molecular formula is C62H64FN9O15. The first-order valence-electron chi connectivity index (χ1n) is 28.8. The summed E-state index contributed by atoms with van der Waals surface area (Å²) < 4.78 is 33.0. The lowest BCUT2D eigenvalue weighted by Gasteiger charge is -2.32. The number of anilines is 1. The maximum Gasteiger partial charge on any atom is 0.410 e. The Hall–Kier alpha value is -9.65. The minimum atomic E-state index is -2.06. The molecule has 1 fully saturated rings. The molecule has 25 heteroatoms. The fraction of sp³-hybridized carbons (Fsp3) is 0.387. The number of likely N-dealkylation sites (tertiary alicyclic amines) is 1. The van der Waals surface area contributed by atoms with Crippen LogP contribution in [0.15, 0.2) is 83.7 Å². The van der Waals surface area contributed by atoms with Gasteiger partial charge in [0.25, 0.3) is 23.3 Å². The number of benzene rings is 3. The predicted molar refractivity (Wildman–Crippen MR) is 307 cm³/mol. The molecule has 0 unspecified atom stereocenters. The number of carbonyl (C=O) groups is 10. The zero-order valence-electron chi connectivity index (χ0n) is 47.8. The third-order valence-electron chi connectivity index (χ3n) is 16.4. The monoisotopic (exact) mass is 1190 g/mol. The third-order valence-corrected chi connectivity index (χ3v) is 16.4. The van der Waals surface area contributed by atoms with Gasteiger partial charge in [-0.25, -0.2) is 19.0 Å². The van der Waals surface area contributed by atoms with Crippen LogP contribution < -0.4 is 32.1 Å². The van der Waals surface area contributed by atoms with Crippen LogP contribution in [0, 0.1) is 12.7 Å². The van der Waals surface area contributed by atoms with Crippen molar-refractivity contribution in [3.63, 3.8) is 0 Å². The molecule has 8 amide bonds. The zero-order valence-corrected chi connectivity index (χ0v) is 47.8. The highest BCUT2D eigenvalue weighted by Crippen LogP contribution is 2.46. The average molecular weight is 1190 g/mol. The molecule has 5 aliphatic rings. The molecule has 0 spiro atoms. The highest BCUT2D eigenvalue weighted by Gasteiger charge is 2.46. The van der Waals surface area contributed by atoms with E-state index in [0.717, 1.165) is 10.5 Å². The number of aliphatic hydroxyl groups is 1. The van der Waals surface area contributed by atoms with E-state index in [1.54, 1.807) is 74.5 Å². The summed E-state index contributed by atoms with van der Waals surface area (Å²) in [7, 11) is 0. The predicted octanol–water partition coefficient (Wildman–Crippen LogP) is 3.36. The third kappa shape index (κ3) is 13.0. The summed E-state index contributed by atoms with van der Waals surface area (Å²) in [6, 6.07) is 15.3. The molecule has 10 rings (SSSR count). The van der Waals surface area contributed by atoms with E-state index < -0.39 is 102 Å². The van der Waals surface area contributed by atoms with Crippen molar-refractivity contribution in [2.75, 3.05) is 38.1 Å². The van der Waals surface area contributed by atoms with Crippen molar-refractivity contribution >= 4 is 76.0 Å². The Morgan fingerprint density at radius 1 is 0.851 bits per heavy atom. The van der Waals surface area contributed by atoms with E-state index in [-0.39, 0.29) is 75.1 Å². The summed E-state index contributed by atoms with van der Waals surface area (Å²) in [5.41, 5.74) is 2.86. The van der Waals surface area contributed by atoms with Crippen molar-refractivity contribution in [1.82, 2.24) is 40.6 Å². The van der Waals surface area contributed by atoms with Gasteiger partial charge in [0.05, 0.1) is 41.6 Å². The number of amides is 8. The van der Waals surface area contributed by atoms with Crippen LogP contribution in [-0.2, 0) is 95.6 Å². The smallest absolute Gasteiger partial charge is 0.410 e. The number of esters is 2. The second-order valence-electron chi connectivity index (χ2n) is 22.0. The molecule has 2 aromatic heterocycles. The van der Waals surface area contributed by atoms with Gasteiger partial charge in [0.2, 0.25) is 23.6 Å². The molecule has 3 aromatic carbocycles. The number of nitrogens with one attached hydrogen (secondary N) is 5. The van der Waals surface area contributed by atoms with Gasteiger partial charge in [-0.15, -0.1) is 0 Å². The van der Waals surface area contributed by atoms with Gasteiger partial charge in [0, 0.05) is 66.4 Å². The molecule has 0 bridgehead atoms. The minimum absolute atomic E-state index is 0.0271. The Bertz CT molecular complexity index is 3720. The van der Waals surface area contributed by atoms with Crippen molar-refractivity contribution in [2.45, 2.75) is 122 Å². The van der Waals surface area contributed by atoms with E-state index in [1.165, 1.54) is 27.7 Å². The largest absolute Gasteiger partial charge is 0.458 e. The lowest BCUT2D eigenvalue weighted by atomic mass is 9.81. The topological polar surface area (TPSA) is 320 Å². The van der Waals surface area contributed by atoms with E-state index in [9.17, 15) is 57.8 Å². The Kier molecular flexibility index (Phi) is 18.0. The van der Waals surface area contributed by atoms with Gasteiger partial charge in [0.15, 0.2) is 12.2 Å². The molecule has 1 aliphatic carbocycles. The standard InChI is InChI=1S/C62H64FN9O15/c1-3-62(84)41-26-47-56-39(30-72(47)59(81)40(41)32-86-60(62)82)55-43(20-19-38-34(2)42(63)27-44(68-56)54(38)55)69-58(80)46-13-10-24-70(46)61(83)87-31-36-15-17-37(18-16-36)66-49(74)28-65-57(79)45(25-35-11-6-4-7-12-35)67-50(75)33-85-53(78)29-64-48(73)14-8-5-9-23-71-51(76)21-22-52(71)77/h4,6-7,11-12,15-18,21-22,26-27,43,45-46,84H,3,5,8-10,13-14,19-20,23-25,28-33H2,1-2H3,(H,64,73)(H,65,79)(H,66,74)(H,67,75)(H,69,80)/t43-,45-,46-,62-/m0/s1. The molecule has 0 radical (unpaired) electrons. The Morgan fingerprint density at radius 2 is 1.61 bits per heavy atom. The molecule has 0 saturated carbocycles. The zero-order chi connectivity index (χ0) is 61.7. The van der Waals surface area contributed by atoms with Crippen LogP contribution in [0.1, 0.15) is 109 Å². The summed E-state index contributed by atoms with van der Waals surface area (Å²) in [5, 5.41) is 25.4. The van der Waals surface area contributed by atoms with Crippen LogP contribution in [0.4, 0.5) is 14.9 Å². The lowest BCUT2D eigenvalue weighted by molar-refractivity contribution is -0.172.